The van der Waals surface area contributed by atoms with Crippen molar-refractivity contribution in [3.05, 3.63) is 61.7 Å². The van der Waals surface area contributed by atoms with Crippen molar-refractivity contribution in [3.8, 4) is 5.75 Å². The summed E-state index contributed by atoms with van der Waals surface area (Å²) in [6, 6.07) is 10.4. The van der Waals surface area contributed by atoms with Crippen LogP contribution in [0.25, 0.3) is 0 Å². The van der Waals surface area contributed by atoms with Crippen LogP contribution < -0.4 is 4.74 Å². The number of aryl methyl sites for hydroxylation is 1. The second-order valence-electron chi connectivity index (χ2n) is 7.44. The third-order valence-corrected chi connectivity index (χ3v) is 6.97. The number of esters is 1. The molecule has 2 aromatic rings. The van der Waals surface area contributed by atoms with E-state index in [4.69, 9.17) is 9.47 Å². The highest BCUT2D eigenvalue weighted by Gasteiger charge is 2.46. The zero-order valence-electron chi connectivity index (χ0n) is 15.3. The van der Waals surface area contributed by atoms with Crippen LogP contribution in [-0.2, 0) is 22.6 Å². The molecule has 0 spiro atoms. The molecule has 26 heavy (non-hydrogen) atoms. The van der Waals surface area contributed by atoms with E-state index in [9.17, 15) is 4.79 Å². The van der Waals surface area contributed by atoms with E-state index in [1.54, 1.807) is 0 Å². The maximum Gasteiger partial charge on any atom is 0.309 e. The van der Waals surface area contributed by atoms with Crippen LogP contribution in [0.3, 0.4) is 0 Å². The van der Waals surface area contributed by atoms with Crippen LogP contribution in [0.1, 0.15) is 47.3 Å². The summed E-state index contributed by atoms with van der Waals surface area (Å²) in [7, 11) is 0. The number of hydrogen-bond donors (Lipinski definition) is 0. The fourth-order valence-electron chi connectivity index (χ4n) is 4.34. The highest BCUT2D eigenvalue weighted by atomic mass is 127. The van der Waals surface area contributed by atoms with Gasteiger partial charge in [-0.1, -0.05) is 25.1 Å². The number of ether oxygens (including phenoxy) is 2. The standard InChI is InChI=1S/C22H23IO3/c1-12-10-19(25-11-15-6-4-5-7-18(15)23)14(3)20-16(12)8-9-17-13(2)22(24)26-21(17)20/h4-7,10,13,17,21H,8-9,11H2,1-3H3/t13?,17-,21?/m0/s1. The summed E-state index contributed by atoms with van der Waals surface area (Å²) >= 11 is 2.34. The minimum absolute atomic E-state index is 0.0108. The van der Waals surface area contributed by atoms with Crippen LogP contribution in [0.2, 0.25) is 0 Å². The van der Waals surface area contributed by atoms with Gasteiger partial charge in [-0.25, -0.2) is 0 Å². The number of rotatable bonds is 3. The molecule has 0 bridgehead atoms. The van der Waals surface area contributed by atoms with E-state index in [1.165, 1.54) is 25.8 Å². The SMILES string of the molecule is Cc1cc(OCc2ccccc2I)c(C)c2c1CC[C@H]1C(C)C(=O)OC21. The Morgan fingerprint density at radius 2 is 2.04 bits per heavy atom. The molecule has 4 heteroatoms. The Morgan fingerprint density at radius 1 is 1.27 bits per heavy atom. The Bertz CT molecular complexity index is 874. The van der Waals surface area contributed by atoms with Gasteiger partial charge < -0.3 is 9.47 Å². The van der Waals surface area contributed by atoms with Crippen LogP contribution in [0.15, 0.2) is 30.3 Å². The Kier molecular flexibility index (Phi) is 4.71. The number of carbonyl (C=O) groups excluding carboxylic acids is 1. The van der Waals surface area contributed by atoms with Gasteiger partial charge in [0.1, 0.15) is 18.5 Å². The molecule has 4 rings (SSSR count). The highest BCUT2D eigenvalue weighted by Crippen LogP contribution is 2.49. The molecule has 1 fully saturated rings. The summed E-state index contributed by atoms with van der Waals surface area (Å²) in [5.41, 5.74) is 6.07. The lowest BCUT2D eigenvalue weighted by Gasteiger charge is -2.31. The Morgan fingerprint density at radius 3 is 2.81 bits per heavy atom. The van der Waals surface area contributed by atoms with Gasteiger partial charge in [-0.05, 0) is 78.1 Å². The molecule has 1 heterocycles. The lowest BCUT2D eigenvalue weighted by atomic mass is 9.74. The summed E-state index contributed by atoms with van der Waals surface area (Å²) in [4.78, 5) is 12.1. The lowest BCUT2D eigenvalue weighted by molar-refractivity contribution is -0.144. The zero-order valence-corrected chi connectivity index (χ0v) is 17.5. The number of halogens is 1. The van der Waals surface area contributed by atoms with E-state index in [-0.39, 0.29) is 18.0 Å². The second kappa shape index (κ2) is 6.87. The van der Waals surface area contributed by atoms with Gasteiger partial charge in [0.2, 0.25) is 0 Å². The second-order valence-corrected chi connectivity index (χ2v) is 8.60. The molecule has 0 radical (unpaired) electrons. The van der Waals surface area contributed by atoms with Crippen molar-refractivity contribution in [2.24, 2.45) is 11.8 Å². The average molecular weight is 462 g/mol. The zero-order chi connectivity index (χ0) is 18.4. The van der Waals surface area contributed by atoms with E-state index in [1.807, 2.05) is 19.1 Å². The molecular weight excluding hydrogens is 439 g/mol. The molecular formula is C22H23IO3. The maximum absolute atomic E-state index is 12.1. The molecule has 0 amide bonds. The summed E-state index contributed by atoms with van der Waals surface area (Å²) in [6.45, 7) is 6.78. The van der Waals surface area contributed by atoms with Crippen molar-refractivity contribution in [1.29, 1.82) is 0 Å². The predicted octanol–water partition coefficient (Wildman–Crippen LogP) is 5.28. The molecule has 0 aromatic heterocycles. The van der Waals surface area contributed by atoms with Crippen molar-refractivity contribution in [2.75, 3.05) is 0 Å². The number of hydrogen-bond acceptors (Lipinski definition) is 3. The first-order valence-corrected chi connectivity index (χ1v) is 10.2. The molecule has 3 nitrogen and oxygen atoms in total. The van der Waals surface area contributed by atoms with Crippen LogP contribution in [-0.4, -0.2) is 5.97 Å². The lowest BCUT2D eigenvalue weighted by Crippen LogP contribution is -2.22. The van der Waals surface area contributed by atoms with E-state index >= 15 is 0 Å². The molecule has 0 N–H and O–H groups in total. The van der Waals surface area contributed by atoms with Gasteiger partial charge in [-0.15, -0.1) is 0 Å². The quantitative estimate of drug-likeness (QED) is 0.460. The van der Waals surface area contributed by atoms with Crippen LogP contribution in [0.5, 0.6) is 5.75 Å². The third-order valence-electron chi connectivity index (χ3n) is 5.92. The fraction of sp³-hybridized carbons (Fsp3) is 0.409. The molecule has 1 saturated heterocycles. The van der Waals surface area contributed by atoms with Gasteiger partial charge in [-0.2, -0.15) is 0 Å². The molecule has 2 unspecified atom stereocenters. The largest absolute Gasteiger partial charge is 0.489 e. The van der Waals surface area contributed by atoms with Gasteiger partial charge in [0.15, 0.2) is 0 Å². The first kappa shape index (κ1) is 17.8. The summed E-state index contributed by atoms with van der Waals surface area (Å²) in [5, 5.41) is 0. The van der Waals surface area contributed by atoms with Crippen molar-refractivity contribution in [1.82, 2.24) is 0 Å². The first-order valence-electron chi connectivity index (χ1n) is 9.17. The number of benzene rings is 2. The smallest absolute Gasteiger partial charge is 0.309 e. The normalized spacial score (nSPS) is 24.0. The average Bonchev–Trinajstić information content (AvgIpc) is 2.92. The van der Waals surface area contributed by atoms with Gasteiger partial charge in [0.25, 0.3) is 0 Å². The van der Waals surface area contributed by atoms with E-state index in [0.29, 0.717) is 12.5 Å². The molecule has 3 atom stereocenters. The van der Waals surface area contributed by atoms with Crippen molar-refractivity contribution >= 4 is 28.6 Å². The molecule has 1 aliphatic heterocycles. The summed E-state index contributed by atoms with van der Waals surface area (Å²) in [5.74, 6) is 1.12. The fourth-order valence-corrected chi connectivity index (χ4v) is 4.89. The minimum atomic E-state index is -0.111. The molecule has 2 aromatic carbocycles. The Labute approximate surface area is 168 Å². The van der Waals surface area contributed by atoms with Crippen LogP contribution in [0, 0.1) is 29.3 Å². The predicted molar refractivity (Wildman–Crippen MR) is 109 cm³/mol. The van der Waals surface area contributed by atoms with Crippen molar-refractivity contribution < 1.29 is 14.3 Å². The van der Waals surface area contributed by atoms with E-state index < -0.39 is 0 Å². The minimum Gasteiger partial charge on any atom is -0.489 e. The molecule has 136 valence electrons. The summed E-state index contributed by atoms with van der Waals surface area (Å²) < 4.78 is 13.2. The van der Waals surface area contributed by atoms with E-state index in [0.717, 1.165) is 24.2 Å². The Balaban J connectivity index is 1.68. The van der Waals surface area contributed by atoms with E-state index in [2.05, 4.69) is 54.6 Å². The van der Waals surface area contributed by atoms with Gasteiger partial charge >= 0.3 is 5.97 Å². The van der Waals surface area contributed by atoms with Gasteiger partial charge in [0.05, 0.1) is 5.92 Å². The number of fused-ring (bicyclic) bond motifs is 3. The molecule has 0 saturated carbocycles. The topological polar surface area (TPSA) is 35.5 Å². The highest BCUT2D eigenvalue weighted by molar-refractivity contribution is 14.1. The van der Waals surface area contributed by atoms with Crippen LogP contribution >= 0.6 is 22.6 Å². The van der Waals surface area contributed by atoms with Gasteiger partial charge in [0, 0.05) is 20.6 Å². The molecule has 2 aliphatic rings. The summed E-state index contributed by atoms with van der Waals surface area (Å²) in [6.07, 6.45) is 1.93. The van der Waals surface area contributed by atoms with Crippen LogP contribution in [0.4, 0.5) is 0 Å². The monoisotopic (exact) mass is 462 g/mol. The Hall–Kier alpha value is -1.56. The first-order chi connectivity index (χ1) is 12.5. The van der Waals surface area contributed by atoms with Crippen molar-refractivity contribution in [3.63, 3.8) is 0 Å². The molecule has 1 aliphatic carbocycles. The van der Waals surface area contributed by atoms with Gasteiger partial charge in [-0.3, -0.25) is 4.79 Å². The van der Waals surface area contributed by atoms with Crippen molar-refractivity contribution in [2.45, 2.75) is 46.3 Å². The third kappa shape index (κ3) is 2.92. The maximum atomic E-state index is 12.1. The number of carbonyl (C=O) groups is 1.